The summed E-state index contributed by atoms with van der Waals surface area (Å²) in [6, 6.07) is 0. The van der Waals surface area contributed by atoms with E-state index in [1.54, 1.807) is 13.8 Å². The molecule has 0 aliphatic heterocycles. The SMILES string of the molecule is C=COCCOC(C)(C)OCCOC(C)=O. The Kier molecular flexibility index (Phi) is 7.58. The highest BCUT2D eigenvalue weighted by Gasteiger charge is 2.18. The van der Waals surface area contributed by atoms with E-state index in [1.807, 2.05) is 0 Å². The lowest BCUT2D eigenvalue weighted by Crippen LogP contribution is -2.31. The highest BCUT2D eigenvalue weighted by atomic mass is 16.7. The van der Waals surface area contributed by atoms with Crippen LogP contribution in [0.15, 0.2) is 12.8 Å². The van der Waals surface area contributed by atoms with Gasteiger partial charge in [0.15, 0.2) is 5.79 Å². The molecule has 0 aliphatic rings. The predicted molar refractivity (Wildman–Crippen MR) is 58.8 cm³/mol. The number of carbonyl (C=O) groups is 1. The maximum absolute atomic E-state index is 10.5. The van der Waals surface area contributed by atoms with Crippen molar-refractivity contribution in [1.29, 1.82) is 0 Å². The maximum Gasteiger partial charge on any atom is 0.302 e. The summed E-state index contributed by atoms with van der Waals surface area (Å²) in [4.78, 5) is 10.5. The van der Waals surface area contributed by atoms with E-state index in [0.29, 0.717) is 19.8 Å². The molecule has 0 spiro atoms. The van der Waals surface area contributed by atoms with Gasteiger partial charge in [-0.1, -0.05) is 6.58 Å². The fraction of sp³-hybridized carbons (Fsp3) is 0.727. The van der Waals surface area contributed by atoms with Gasteiger partial charge in [-0.3, -0.25) is 4.79 Å². The van der Waals surface area contributed by atoms with Crippen molar-refractivity contribution < 1.29 is 23.7 Å². The van der Waals surface area contributed by atoms with Gasteiger partial charge in [-0.15, -0.1) is 0 Å². The van der Waals surface area contributed by atoms with Gasteiger partial charge >= 0.3 is 5.97 Å². The number of carbonyl (C=O) groups excluding carboxylic acids is 1. The molecule has 16 heavy (non-hydrogen) atoms. The van der Waals surface area contributed by atoms with Crippen molar-refractivity contribution in [3.63, 3.8) is 0 Å². The molecule has 0 amide bonds. The zero-order chi connectivity index (χ0) is 12.4. The average molecular weight is 232 g/mol. The van der Waals surface area contributed by atoms with Crippen LogP contribution in [0.3, 0.4) is 0 Å². The van der Waals surface area contributed by atoms with Gasteiger partial charge in [0.25, 0.3) is 0 Å². The Morgan fingerprint density at radius 3 is 2.25 bits per heavy atom. The van der Waals surface area contributed by atoms with Crippen LogP contribution in [0.4, 0.5) is 0 Å². The van der Waals surface area contributed by atoms with Crippen molar-refractivity contribution in [2.24, 2.45) is 0 Å². The lowest BCUT2D eigenvalue weighted by atomic mass is 10.4. The van der Waals surface area contributed by atoms with Crippen molar-refractivity contribution in [2.75, 3.05) is 26.4 Å². The standard InChI is InChI=1S/C11H20O5/c1-5-13-6-8-15-11(3,4)16-9-7-14-10(2)12/h5H,1,6-9H2,2-4H3. The van der Waals surface area contributed by atoms with Crippen LogP contribution in [0, 0.1) is 0 Å². The van der Waals surface area contributed by atoms with Crippen molar-refractivity contribution >= 4 is 5.97 Å². The van der Waals surface area contributed by atoms with E-state index in [9.17, 15) is 4.79 Å². The monoisotopic (exact) mass is 232 g/mol. The van der Waals surface area contributed by atoms with Gasteiger partial charge in [-0.2, -0.15) is 0 Å². The van der Waals surface area contributed by atoms with Crippen LogP contribution >= 0.6 is 0 Å². The molecule has 0 aromatic heterocycles. The summed E-state index contributed by atoms with van der Waals surface area (Å²) in [7, 11) is 0. The summed E-state index contributed by atoms with van der Waals surface area (Å²) in [6.45, 7) is 9.71. The summed E-state index contributed by atoms with van der Waals surface area (Å²) >= 11 is 0. The van der Waals surface area contributed by atoms with Crippen molar-refractivity contribution in [3.8, 4) is 0 Å². The van der Waals surface area contributed by atoms with Gasteiger partial charge in [-0.25, -0.2) is 0 Å². The minimum atomic E-state index is -0.718. The van der Waals surface area contributed by atoms with E-state index in [2.05, 4.69) is 6.58 Å². The molecule has 0 rings (SSSR count). The molecule has 94 valence electrons. The van der Waals surface area contributed by atoms with E-state index in [1.165, 1.54) is 13.2 Å². The van der Waals surface area contributed by atoms with Crippen LogP contribution in [0.5, 0.6) is 0 Å². The largest absolute Gasteiger partial charge is 0.499 e. The minimum absolute atomic E-state index is 0.227. The molecule has 5 nitrogen and oxygen atoms in total. The Labute approximate surface area is 96.3 Å². The summed E-state index contributed by atoms with van der Waals surface area (Å²) in [6.07, 6.45) is 1.36. The van der Waals surface area contributed by atoms with Crippen LogP contribution in [-0.4, -0.2) is 38.2 Å². The first kappa shape index (κ1) is 14.9. The summed E-state index contributed by atoms with van der Waals surface area (Å²) < 4.78 is 20.4. The summed E-state index contributed by atoms with van der Waals surface area (Å²) in [5.74, 6) is -1.04. The topological polar surface area (TPSA) is 54.0 Å². The van der Waals surface area contributed by atoms with Crippen LogP contribution in [-0.2, 0) is 23.7 Å². The quantitative estimate of drug-likeness (QED) is 0.261. The molecule has 0 N–H and O–H groups in total. The highest BCUT2D eigenvalue weighted by molar-refractivity contribution is 5.65. The number of esters is 1. The third-order valence-corrected chi connectivity index (χ3v) is 1.61. The first-order valence-electron chi connectivity index (χ1n) is 5.12. The smallest absolute Gasteiger partial charge is 0.302 e. The van der Waals surface area contributed by atoms with Crippen molar-refractivity contribution in [2.45, 2.75) is 26.6 Å². The first-order chi connectivity index (χ1) is 7.48. The van der Waals surface area contributed by atoms with Gasteiger partial charge in [0.05, 0.1) is 19.5 Å². The van der Waals surface area contributed by atoms with E-state index < -0.39 is 5.79 Å². The van der Waals surface area contributed by atoms with E-state index in [-0.39, 0.29) is 12.6 Å². The van der Waals surface area contributed by atoms with Gasteiger partial charge in [0, 0.05) is 6.92 Å². The molecule has 5 heteroatoms. The number of hydrogen-bond acceptors (Lipinski definition) is 5. The van der Waals surface area contributed by atoms with Crippen LogP contribution in [0.25, 0.3) is 0 Å². The Bertz CT molecular complexity index is 212. The van der Waals surface area contributed by atoms with Crippen LogP contribution in [0.2, 0.25) is 0 Å². The lowest BCUT2D eigenvalue weighted by molar-refractivity contribution is -0.221. The van der Waals surface area contributed by atoms with Gasteiger partial charge in [-0.05, 0) is 13.8 Å². The van der Waals surface area contributed by atoms with Crippen LogP contribution < -0.4 is 0 Å². The fourth-order valence-corrected chi connectivity index (χ4v) is 0.933. The molecule has 0 aromatic carbocycles. The number of rotatable bonds is 9. The predicted octanol–water partition coefficient (Wildman–Crippen LogP) is 1.48. The Morgan fingerprint density at radius 1 is 1.19 bits per heavy atom. The third-order valence-electron chi connectivity index (χ3n) is 1.61. The molecule has 0 radical (unpaired) electrons. The van der Waals surface area contributed by atoms with Gasteiger partial charge in [0.2, 0.25) is 0 Å². The fourth-order valence-electron chi connectivity index (χ4n) is 0.933. The van der Waals surface area contributed by atoms with Crippen LogP contribution in [0.1, 0.15) is 20.8 Å². The molecule has 0 bridgehead atoms. The molecular formula is C11H20O5. The molecule has 0 aromatic rings. The average Bonchev–Trinajstić information content (AvgIpc) is 2.19. The normalized spacial score (nSPS) is 10.9. The highest BCUT2D eigenvalue weighted by Crippen LogP contribution is 2.10. The van der Waals surface area contributed by atoms with E-state index in [4.69, 9.17) is 18.9 Å². The van der Waals surface area contributed by atoms with Gasteiger partial charge < -0.3 is 18.9 Å². The number of hydrogen-bond donors (Lipinski definition) is 0. The Hall–Kier alpha value is -1.07. The Morgan fingerprint density at radius 2 is 1.75 bits per heavy atom. The van der Waals surface area contributed by atoms with Crippen molar-refractivity contribution in [1.82, 2.24) is 0 Å². The Balaban J connectivity index is 3.53. The molecule has 0 saturated carbocycles. The zero-order valence-electron chi connectivity index (χ0n) is 10.2. The second kappa shape index (κ2) is 8.13. The first-order valence-corrected chi connectivity index (χ1v) is 5.12. The zero-order valence-corrected chi connectivity index (χ0v) is 10.2. The molecule has 0 unspecified atom stereocenters. The molecule has 0 heterocycles. The molecular weight excluding hydrogens is 212 g/mol. The summed E-state index contributed by atoms with van der Waals surface area (Å²) in [5.41, 5.74) is 0. The lowest BCUT2D eigenvalue weighted by Gasteiger charge is -2.25. The second-order valence-corrected chi connectivity index (χ2v) is 3.47. The van der Waals surface area contributed by atoms with Gasteiger partial charge in [0.1, 0.15) is 13.2 Å². The third kappa shape index (κ3) is 9.48. The molecule has 0 fully saturated rings. The van der Waals surface area contributed by atoms with E-state index in [0.717, 1.165) is 0 Å². The molecule has 0 saturated heterocycles. The molecule has 0 aliphatic carbocycles. The minimum Gasteiger partial charge on any atom is -0.499 e. The van der Waals surface area contributed by atoms with Crippen molar-refractivity contribution in [3.05, 3.63) is 12.8 Å². The summed E-state index contributed by atoms with van der Waals surface area (Å²) in [5, 5.41) is 0. The maximum atomic E-state index is 10.5. The number of ether oxygens (including phenoxy) is 4. The second-order valence-electron chi connectivity index (χ2n) is 3.47. The molecule has 0 atom stereocenters. The van der Waals surface area contributed by atoms with E-state index >= 15 is 0 Å².